The molecule has 1 aromatic rings. The molecule has 1 aliphatic heterocycles. The molecular formula is C17H27N3O. The largest absolute Gasteiger partial charge is 0.324 e. The van der Waals surface area contributed by atoms with Gasteiger partial charge in [-0.25, -0.2) is 0 Å². The maximum absolute atomic E-state index is 12.2. The van der Waals surface area contributed by atoms with Crippen LogP contribution in [0.1, 0.15) is 29.5 Å². The highest BCUT2D eigenvalue weighted by molar-refractivity contribution is 5.93. The van der Waals surface area contributed by atoms with Crippen LogP contribution in [0.2, 0.25) is 0 Å². The summed E-state index contributed by atoms with van der Waals surface area (Å²) in [5.74, 6) is 0.0607. The Labute approximate surface area is 127 Å². The van der Waals surface area contributed by atoms with Gasteiger partial charge in [0.25, 0.3) is 0 Å². The maximum Gasteiger partial charge on any atom is 0.238 e. The highest BCUT2D eigenvalue weighted by Gasteiger charge is 2.17. The summed E-state index contributed by atoms with van der Waals surface area (Å²) < 4.78 is 0. The Hall–Kier alpha value is -1.39. The first-order valence-electron chi connectivity index (χ1n) is 7.75. The van der Waals surface area contributed by atoms with Crippen LogP contribution in [0.15, 0.2) is 12.1 Å². The van der Waals surface area contributed by atoms with Gasteiger partial charge in [0.1, 0.15) is 0 Å². The van der Waals surface area contributed by atoms with E-state index in [0.717, 1.165) is 29.9 Å². The first kappa shape index (κ1) is 16.0. The molecule has 0 spiro atoms. The number of nitrogens with zero attached hydrogens (tertiary/aromatic N) is 1. The number of nitrogens with one attached hydrogen (secondary N) is 2. The SMILES string of the molecule is Cc1cc(C)c(NC(=O)CN(C)CC2CCCN2)c(C)c1. The van der Waals surface area contributed by atoms with Crippen molar-refractivity contribution in [3.05, 3.63) is 28.8 Å². The molecule has 1 saturated heterocycles. The number of hydrogen-bond acceptors (Lipinski definition) is 3. The average Bonchev–Trinajstić information content (AvgIpc) is 2.86. The number of carbonyl (C=O) groups is 1. The molecule has 2 rings (SSSR count). The second-order valence-electron chi connectivity index (χ2n) is 6.31. The molecule has 0 aromatic heterocycles. The van der Waals surface area contributed by atoms with Crippen molar-refractivity contribution in [3.63, 3.8) is 0 Å². The standard InChI is InChI=1S/C17H27N3O/c1-12-8-13(2)17(14(3)9-12)19-16(21)11-20(4)10-15-6-5-7-18-15/h8-9,15,18H,5-7,10-11H2,1-4H3,(H,19,21). The van der Waals surface area contributed by atoms with Crippen LogP contribution in [-0.4, -0.2) is 43.5 Å². The van der Waals surface area contributed by atoms with E-state index in [-0.39, 0.29) is 5.91 Å². The number of hydrogen-bond donors (Lipinski definition) is 2. The molecule has 0 saturated carbocycles. The Morgan fingerprint density at radius 1 is 1.33 bits per heavy atom. The Kier molecular flexibility index (Phi) is 5.37. The van der Waals surface area contributed by atoms with Crippen LogP contribution in [0.5, 0.6) is 0 Å². The molecule has 1 amide bonds. The third-order valence-corrected chi connectivity index (χ3v) is 4.05. The predicted molar refractivity (Wildman–Crippen MR) is 87.8 cm³/mol. The molecule has 1 aliphatic rings. The minimum atomic E-state index is 0.0607. The van der Waals surface area contributed by atoms with Gasteiger partial charge in [-0.3, -0.25) is 9.69 Å². The average molecular weight is 289 g/mol. The fourth-order valence-corrected chi connectivity index (χ4v) is 3.15. The normalized spacial score (nSPS) is 18.2. The van der Waals surface area contributed by atoms with E-state index in [0.29, 0.717) is 12.6 Å². The monoisotopic (exact) mass is 289 g/mol. The van der Waals surface area contributed by atoms with Crippen molar-refractivity contribution < 1.29 is 4.79 Å². The molecule has 4 heteroatoms. The summed E-state index contributed by atoms with van der Waals surface area (Å²) in [7, 11) is 2.01. The van der Waals surface area contributed by atoms with Crippen LogP contribution in [0.3, 0.4) is 0 Å². The lowest BCUT2D eigenvalue weighted by molar-refractivity contribution is -0.117. The second kappa shape index (κ2) is 7.05. The molecule has 0 radical (unpaired) electrons. The van der Waals surface area contributed by atoms with Gasteiger partial charge in [-0.15, -0.1) is 0 Å². The highest BCUT2D eigenvalue weighted by Crippen LogP contribution is 2.21. The molecule has 1 atom stereocenters. The van der Waals surface area contributed by atoms with Gasteiger partial charge in [0.2, 0.25) is 5.91 Å². The van der Waals surface area contributed by atoms with Gasteiger partial charge in [0.05, 0.1) is 6.54 Å². The van der Waals surface area contributed by atoms with Crippen LogP contribution in [-0.2, 0) is 4.79 Å². The Morgan fingerprint density at radius 2 is 2.00 bits per heavy atom. The zero-order valence-electron chi connectivity index (χ0n) is 13.6. The van der Waals surface area contributed by atoms with Crippen molar-refractivity contribution in [2.75, 3.05) is 32.0 Å². The lowest BCUT2D eigenvalue weighted by Crippen LogP contribution is -2.39. The van der Waals surface area contributed by atoms with Gasteiger partial charge in [-0.05, 0) is 58.3 Å². The van der Waals surface area contributed by atoms with Gasteiger partial charge < -0.3 is 10.6 Å². The van der Waals surface area contributed by atoms with Gasteiger partial charge in [-0.2, -0.15) is 0 Å². The quantitative estimate of drug-likeness (QED) is 0.874. The Morgan fingerprint density at radius 3 is 2.57 bits per heavy atom. The zero-order chi connectivity index (χ0) is 15.4. The molecule has 4 nitrogen and oxygen atoms in total. The van der Waals surface area contributed by atoms with Gasteiger partial charge in [-0.1, -0.05) is 17.7 Å². The first-order valence-corrected chi connectivity index (χ1v) is 7.75. The summed E-state index contributed by atoms with van der Waals surface area (Å²) in [5.41, 5.74) is 4.44. The van der Waals surface area contributed by atoms with E-state index >= 15 is 0 Å². The van der Waals surface area contributed by atoms with E-state index in [4.69, 9.17) is 0 Å². The zero-order valence-corrected chi connectivity index (χ0v) is 13.6. The third kappa shape index (κ3) is 4.55. The van der Waals surface area contributed by atoms with E-state index in [1.54, 1.807) is 0 Å². The molecule has 1 fully saturated rings. The number of amides is 1. The number of aryl methyl sites for hydroxylation is 3. The predicted octanol–water partition coefficient (Wildman–Crippen LogP) is 2.23. The smallest absolute Gasteiger partial charge is 0.238 e. The van der Waals surface area contributed by atoms with Crippen molar-refractivity contribution in [3.8, 4) is 0 Å². The molecule has 1 aromatic carbocycles. The number of likely N-dealkylation sites (N-methyl/N-ethyl adjacent to an activating group) is 1. The molecule has 21 heavy (non-hydrogen) atoms. The topological polar surface area (TPSA) is 44.4 Å². The summed E-state index contributed by atoms with van der Waals surface area (Å²) in [5, 5.41) is 6.52. The summed E-state index contributed by atoms with van der Waals surface area (Å²) >= 11 is 0. The van der Waals surface area contributed by atoms with Gasteiger partial charge >= 0.3 is 0 Å². The molecule has 1 heterocycles. The lowest BCUT2D eigenvalue weighted by Gasteiger charge is -2.21. The van der Waals surface area contributed by atoms with Gasteiger partial charge in [0.15, 0.2) is 0 Å². The molecule has 0 bridgehead atoms. The highest BCUT2D eigenvalue weighted by atomic mass is 16.2. The third-order valence-electron chi connectivity index (χ3n) is 4.05. The minimum absolute atomic E-state index is 0.0607. The van der Waals surface area contributed by atoms with Crippen molar-refractivity contribution in [1.82, 2.24) is 10.2 Å². The summed E-state index contributed by atoms with van der Waals surface area (Å²) in [6, 6.07) is 4.74. The Bertz CT molecular complexity index is 484. The summed E-state index contributed by atoms with van der Waals surface area (Å²) in [4.78, 5) is 14.3. The van der Waals surface area contributed by atoms with Gasteiger partial charge in [0, 0.05) is 18.3 Å². The molecular weight excluding hydrogens is 262 g/mol. The first-order chi connectivity index (χ1) is 9.95. The van der Waals surface area contributed by atoms with Crippen molar-refractivity contribution >= 4 is 11.6 Å². The molecule has 2 N–H and O–H groups in total. The van der Waals surface area contributed by atoms with Crippen LogP contribution >= 0.6 is 0 Å². The van der Waals surface area contributed by atoms with Crippen LogP contribution in [0, 0.1) is 20.8 Å². The maximum atomic E-state index is 12.2. The fraction of sp³-hybridized carbons (Fsp3) is 0.588. The number of rotatable bonds is 5. The van der Waals surface area contributed by atoms with Crippen molar-refractivity contribution in [1.29, 1.82) is 0 Å². The van der Waals surface area contributed by atoms with E-state index in [2.05, 4.69) is 34.6 Å². The van der Waals surface area contributed by atoms with E-state index in [1.165, 1.54) is 18.4 Å². The Balaban J connectivity index is 1.89. The fourth-order valence-electron chi connectivity index (χ4n) is 3.15. The van der Waals surface area contributed by atoms with Crippen molar-refractivity contribution in [2.45, 2.75) is 39.7 Å². The summed E-state index contributed by atoms with van der Waals surface area (Å²) in [6.07, 6.45) is 2.45. The molecule has 1 unspecified atom stereocenters. The second-order valence-corrected chi connectivity index (χ2v) is 6.31. The lowest BCUT2D eigenvalue weighted by atomic mass is 10.1. The molecule has 0 aliphatic carbocycles. The van der Waals surface area contributed by atoms with Crippen LogP contribution < -0.4 is 10.6 Å². The minimum Gasteiger partial charge on any atom is -0.324 e. The number of carbonyl (C=O) groups excluding carboxylic acids is 1. The van der Waals surface area contributed by atoms with E-state index in [1.807, 2.05) is 20.9 Å². The van der Waals surface area contributed by atoms with E-state index < -0.39 is 0 Å². The summed E-state index contributed by atoms with van der Waals surface area (Å²) in [6.45, 7) is 8.63. The number of anilines is 1. The van der Waals surface area contributed by atoms with Crippen LogP contribution in [0.25, 0.3) is 0 Å². The number of benzene rings is 1. The molecule has 116 valence electrons. The van der Waals surface area contributed by atoms with Crippen molar-refractivity contribution in [2.24, 2.45) is 0 Å². The van der Waals surface area contributed by atoms with E-state index in [9.17, 15) is 4.79 Å². The van der Waals surface area contributed by atoms with Crippen LogP contribution in [0.4, 0.5) is 5.69 Å².